The van der Waals surface area contributed by atoms with Gasteiger partial charge in [-0.1, -0.05) is 62.4 Å². The fourth-order valence-corrected chi connectivity index (χ4v) is 3.87. The summed E-state index contributed by atoms with van der Waals surface area (Å²) in [7, 11) is 0. The highest BCUT2D eigenvalue weighted by atomic mass is 16.6. The molecule has 0 fully saturated rings. The van der Waals surface area contributed by atoms with Crippen LogP contribution in [0, 0.1) is 5.92 Å². The normalized spacial score (nSPS) is 13.2. The molecule has 0 spiro atoms. The summed E-state index contributed by atoms with van der Waals surface area (Å²) in [6.07, 6.45) is -0.847. The number of carboxylic acid groups (broad SMARTS) is 1. The molecule has 1 aliphatic rings. The van der Waals surface area contributed by atoms with Crippen LogP contribution in [0.1, 0.15) is 41.4 Å². The average molecular weight is 450 g/mol. The van der Waals surface area contributed by atoms with Gasteiger partial charge in [-0.05, 0) is 38.5 Å². The molecule has 1 aromatic heterocycles. The SMILES string of the molecule is CC(C)[C@H](NC(=O)c1nonc1NC(=O)OCC1c2ccccc2-c2ccccc21)C(=O)O. The Morgan fingerprint density at radius 2 is 1.64 bits per heavy atom. The van der Waals surface area contributed by atoms with Gasteiger partial charge in [0.15, 0.2) is 0 Å². The smallest absolute Gasteiger partial charge is 0.412 e. The van der Waals surface area contributed by atoms with Gasteiger partial charge in [-0.15, -0.1) is 0 Å². The maximum absolute atomic E-state index is 12.4. The monoisotopic (exact) mass is 450 g/mol. The summed E-state index contributed by atoms with van der Waals surface area (Å²) in [5, 5.41) is 20.9. The van der Waals surface area contributed by atoms with Crippen molar-refractivity contribution in [1.82, 2.24) is 15.6 Å². The second-order valence-electron chi connectivity index (χ2n) is 7.95. The molecule has 1 aliphatic carbocycles. The number of aromatic nitrogens is 2. The maximum atomic E-state index is 12.4. The van der Waals surface area contributed by atoms with Gasteiger partial charge in [0.1, 0.15) is 12.6 Å². The molecule has 170 valence electrons. The fraction of sp³-hybridized carbons (Fsp3) is 0.261. The van der Waals surface area contributed by atoms with Crippen LogP contribution < -0.4 is 10.6 Å². The number of hydrogen-bond donors (Lipinski definition) is 3. The summed E-state index contributed by atoms with van der Waals surface area (Å²) < 4.78 is 9.98. The number of amides is 2. The van der Waals surface area contributed by atoms with Gasteiger partial charge in [-0.2, -0.15) is 0 Å². The van der Waals surface area contributed by atoms with E-state index in [1.165, 1.54) is 0 Å². The lowest BCUT2D eigenvalue weighted by atomic mass is 9.98. The van der Waals surface area contributed by atoms with E-state index in [2.05, 4.69) is 25.6 Å². The minimum Gasteiger partial charge on any atom is -0.480 e. The quantitative estimate of drug-likeness (QED) is 0.498. The van der Waals surface area contributed by atoms with Gasteiger partial charge < -0.3 is 15.2 Å². The molecular formula is C23H22N4O6. The molecule has 3 N–H and O–H groups in total. The molecule has 0 bridgehead atoms. The predicted octanol–water partition coefficient (Wildman–Crippen LogP) is 3.27. The van der Waals surface area contributed by atoms with Gasteiger partial charge in [-0.3, -0.25) is 10.1 Å². The van der Waals surface area contributed by atoms with Crippen LogP contribution in [0.4, 0.5) is 10.6 Å². The summed E-state index contributed by atoms with van der Waals surface area (Å²) >= 11 is 0. The number of aliphatic carboxylic acids is 1. The molecule has 4 rings (SSSR count). The summed E-state index contributed by atoms with van der Waals surface area (Å²) in [5.41, 5.74) is 3.96. The van der Waals surface area contributed by atoms with E-state index in [1.807, 2.05) is 48.5 Å². The molecule has 0 saturated carbocycles. The number of carbonyl (C=O) groups is 3. The van der Waals surface area contributed by atoms with Crippen molar-refractivity contribution < 1.29 is 28.9 Å². The Morgan fingerprint density at radius 1 is 1.03 bits per heavy atom. The number of fused-ring (bicyclic) bond motifs is 3. The Balaban J connectivity index is 1.43. The third-order valence-electron chi connectivity index (χ3n) is 5.49. The molecule has 0 radical (unpaired) electrons. The summed E-state index contributed by atoms with van der Waals surface area (Å²) in [5.74, 6) is -2.81. The Bertz CT molecular complexity index is 1160. The van der Waals surface area contributed by atoms with E-state index in [-0.39, 0.29) is 30.0 Å². The van der Waals surface area contributed by atoms with E-state index < -0.39 is 24.0 Å². The molecule has 0 aliphatic heterocycles. The van der Waals surface area contributed by atoms with E-state index >= 15 is 0 Å². The van der Waals surface area contributed by atoms with Crippen LogP contribution in [-0.4, -0.2) is 46.0 Å². The predicted molar refractivity (Wildman–Crippen MR) is 117 cm³/mol. The zero-order chi connectivity index (χ0) is 23.5. The Labute approximate surface area is 188 Å². The minimum absolute atomic E-state index is 0.0705. The highest BCUT2D eigenvalue weighted by Gasteiger charge is 2.30. The van der Waals surface area contributed by atoms with Crippen molar-refractivity contribution in [3.63, 3.8) is 0 Å². The fourth-order valence-electron chi connectivity index (χ4n) is 3.87. The van der Waals surface area contributed by atoms with Crippen molar-refractivity contribution in [3.05, 3.63) is 65.4 Å². The Morgan fingerprint density at radius 3 is 2.21 bits per heavy atom. The van der Waals surface area contributed by atoms with Gasteiger partial charge in [0, 0.05) is 5.92 Å². The number of benzene rings is 2. The van der Waals surface area contributed by atoms with Crippen molar-refractivity contribution in [2.24, 2.45) is 5.92 Å². The van der Waals surface area contributed by atoms with Gasteiger partial charge in [0.05, 0.1) is 0 Å². The molecule has 33 heavy (non-hydrogen) atoms. The van der Waals surface area contributed by atoms with E-state index in [9.17, 15) is 19.5 Å². The first kappa shape index (κ1) is 22.0. The van der Waals surface area contributed by atoms with Crippen LogP contribution in [0.25, 0.3) is 11.1 Å². The van der Waals surface area contributed by atoms with Crippen molar-refractivity contribution in [1.29, 1.82) is 0 Å². The molecule has 0 unspecified atom stereocenters. The molecule has 10 heteroatoms. The highest BCUT2D eigenvalue weighted by Crippen LogP contribution is 2.44. The van der Waals surface area contributed by atoms with E-state index in [4.69, 9.17) is 4.74 Å². The van der Waals surface area contributed by atoms with Gasteiger partial charge >= 0.3 is 12.1 Å². The largest absolute Gasteiger partial charge is 0.480 e. The van der Waals surface area contributed by atoms with Gasteiger partial charge in [0.25, 0.3) is 5.91 Å². The van der Waals surface area contributed by atoms with Crippen LogP contribution in [0.3, 0.4) is 0 Å². The lowest BCUT2D eigenvalue weighted by Crippen LogP contribution is -2.44. The molecule has 10 nitrogen and oxygen atoms in total. The molecule has 1 atom stereocenters. The second kappa shape index (κ2) is 9.11. The molecule has 2 aromatic carbocycles. The van der Waals surface area contributed by atoms with Crippen LogP contribution in [-0.2, 0) is 9.53 Å². The summed E-state index contributed by atoms with van der Waals surface area (Å²) in [6, 6.07) is 14.7. The zero-order valence-corrected chi connectivity index (χ0v) is 17.9. The highest BCUT2D eigenvalue weighted by molar-refractivity contribution is 6.01. The molecular weight excluding hydrogens is 428 g/mol. The van der Waals surface area contributed by atoms with Gasteiger partial charge in [-0.25, -0.2) is 14.2 Å². The number of hydrogen-bond acceptors (Lipinski definition) is 7. The number of carbonyl (C=O) groups excluding carboxylic acids is 2. The number of carboxylic acids is 1. The second-order valence-corrected chi connectivity index (χ2v) is 7.95. The van der Waals surface area contributed by atoms with Crippen LogP contribution in [0.5, 0.6) is 0 Å². The number of nitrogens with one attached hydrogen (secondary N) is 2. The van der Waals surface area contributed by atoms with E-state index in [0.717, 1.165) is 22.3 Å². The average Bonchev–Trinajstić information content (AvgIpc) is 3.38. The van der Waals surface area contributed by atoms with Crippen molar-refractivity contribution in [2.45, 2.75) is 25.8 Å². The van der Waals surface area contributed by atoms with Crippen molar-refractivity contribution >= 4 is 23.8 Å². The topological polar surface area (TPSA) is 144 Å². The first-order valence-corrected chi connectivity index (χ1v) is 10.3. The van der Waals surface area contributed by atoms with Gasteiger partial charge in [0.2, 0.25) is 11.5 Å². The number of ether oxygens (including phenoxy) is 1. The Kier molecular flexibility index (Phi) is 6.07. The maximum Gasteiger partial charge on any atom is 0.412 e. The summed E-state index contributed by atoms with van der Waals surface area (Å²) in [4.78, 5) is 36.2. The third-order valence-corrected chi connectivity index (χ3v) is 5.49. The van der Waals surface area contributed by atoms with Crippen molar-refractivity contribution in [3.8, 4) is 11.1 Å². The van der Waals surface area contributed by atoms with E-state index in [0.29, 0.717) is 0 Å². The molecule has 0 saturated heterocycles. The standard InChI is InChI=1S/C23H22N4O6/c1-12(2)18(22(29)30)24-21(28)19-20(27-33-26-19)25-23(31)32-11-17-15-9-5-3-7-13(15)14-8-4-6-10-16(14)17/h3-10,12,17-18H,11H2,1-2H3,(H,24,28)(H,29,30)(H,25,27,31)/t18-/m0/s1. The van der Waals surface area contributed by atoms with E-state index in [1.54, 1.807) is 13.8 Å². The summed E-state index contributed by atoms with van der Waals surface area (Å²) in [6.45, 7) is 3.37. The zero-order valence-electron chi connectivity index (χ0n) is 17.9. The van der Waals surface area contributed by atoms with Crippen molar-refractivity contribution in [2.75, 3.05) is 11.9 Å². The first-order valence-electron chi connectivity index (χ1n) is 10.3. The van der Waals surface area contributed by atoms with Crippen LogP contribution >= 0.6 is 0 Å². The molecule has 3 aromatic rings. The number of anilines is 1. The third kappa shape index (κ3) is 4.40. The Hall–Kier alpha value is -4.21. The first-order chi connectivity index (χ1) is 15.9. The minimum atomic E-state index is -1.19. The van der Waals surface area contributed by atoms with Crippen LogP contribution in [0.2, 0.25) is 0 Å². The molecule has 2 amide bonds. The van der Waals surface area contributed by atoms with Crippen LogP contribution in [0.15, 0.2) is 53.2 Å². The lowest BCUT2D eigenvalue weighted by molar-refractivity contribution is -0.140. The lowest BCUT2D eigenvalue weighted by Gasteiger charge is -2.17. The number of nitrogens with zero attached hydrogens (tertiary/aromatic N) is 2. The number of rotatable bonds is 7. The molecule has 1 heterocycles.